The Balaban J connectivity index is 2.69. The van der Waals surface area contributed by atoms with Crippen LogP contribution in [0.3, 0.4) is 0 Å². The Kier molecular flexibility index (Phi) is 6.21. The van der Waals surface area contributed by atoms with E-state index in [2.05, 4.69) is 5.32 Å². The molecule has 0 bridgehead atoms. The van der Waals surface area contributed by atoms with Crippen LogP contribution >= 0.6 is 0 Å². The van der Waals surface area contributed by atoms with Crippen molar-refractivity contribution in [1.82, 2.24) is 5.32 Å². The van der Waals surface area contributed by atoms with Crippen LogP contribution in [0.4, 0.5) is 0 Å². The number of carboxylic acid groups (broad SMARTS) is 1. The van der Waals surface area contributed by atoms with Crippen molar-refractivity contribution in [2.75, 3.05) is 7.11 Å². The first kappa shape index (κ1) is 17.0. The highest BCUT2D eigenvalue weighted by atomic mass is 16.5. The second kappa shape index (κ2) is 7.67. The molecule has 1 rings (SSSR count). The van der Waals surface area contributed by atoms with Gasteiger partial charge >= 0.3 is 5.97 Å². The molecule has 0 aromatic heterocycles. The summed E-state index contributed by atoms with van der Waals surface area (Å²) in [6, 6.07) is 4.68. The highest BCUT2D eigenvalue weighted by Gasteiger charge is 2.21. The topological polar surface area (TPSA) is 75.6 Å². The van der Waals surface area contributed by atoms with Gasteiger partial charge in [0, 0.05) is 0 Å². The fourth-order valence-electron chi connectivity index (χ4n) is 2.10. The molecule has 2 N–H and O–H groups in total. The lowest BCUT2D eigenvalue weighted by molar-refractivity contribution is -0.142. The van der Waals surface area contributed by atoms with E-state index in [1.54, 1.807) is 13.2 Å². The van der Waals surface area contributed by atoms with Gasteiger partial charge in [0.05, 0.1) is 13.5 Å². The molecule has 1 atom stereocenters. The second-order valence-electron chi connectivity index (χ2n) is 5.57. The summed E-state index contributed by atoms with van der Waals surface area (Å²) in [4.78, 5) is 23.1. The second-order valence-corrected chi connectivity index (χ2v) is 5.57. The number of carboxylic acids is 1. The maximum atomic E-state index is 12.0. The van der Waals surface area contributed by atoms with Gasteiger partial charge in [0.2, 0.25) is 5.91 Å². The third kappa shape index (κ3) is 5.45. The Morgan fingerprint density at radius 1 is 1.33 bits per heavy atom. The molecule has 0 saturated heterocycles. The SMILES string of the molecule is COc1cc(CC(=O)N[C@@H](CC(C)C)C(=O)O)ccc1C. The molecule has 0 fully saturated rings. The van der Waals surface area contributed by atoms with E-state index in [9.17, 15) is 9.59 Å². The van der Waals surface area contributed by atoms with Gasteiger partial charge < -0.3 is 15.2 Å². The van der Waals surface area contributed by atoms with Crippen LogP contribution in [-0.4, -0.2) is 30.1 Å². The highest BCUT2D eigenvalue weighted by Crippen LogP contribution is 2.19. The largest absolute Gasteiger partial charge is 0.496 e. The van der Waals surface area contributed by atoms with Crippen LogP contribution in [0.5, 0.6) is 5.75 Å². The number of aryl methyl sites for hydroxylation is 1. The summed E-state index contributed by atoms with van der Waals surface area (Å²) in [5.74, 6) is -0.379. The first-order chi connectivity index (χ1) is 9.83. The van der Waals surface area contributed by atoms with Gasteiger partial charge in [-0.05, 0) is 36.5 Å². The quantitative estimate of drug-likeness (QED) is 0.808. The molecule has 0 unspecified atom stereocenters. The Bertz CT molecular complexity index is 511. The minimum absolute atomic E-state index is 0.137. The molecule has 0 aliphatic carbocycles. The van der Waals surface area contributed by atoms with Crippen LogP contribution in [0.2, 0.25) is 0 Å². The van der Waals surface area contributed by atoms with E-state index in [1.807, 2.05) is 32.9 Å². The smallest absolute Gasteiger partial charge is 0.326 e. The Morgan fingerprint density at radius 3 is 2.52 bits per heavy atom. The fraction of sp³-hybridized carbons (Fsp3) is 0.500. The van der Waals surface area contributed by atoms with Crippen molar-refractivity contribution in [3.8, 4) is 5.75 Å². The summed E-state index contributed by atoms with van der Waals surface area (Å²) in [6.07, 6.45) is 0.552. The van der Waals surface area contributed by atoms with E-state index in [-0.39, 0.29) is 18.2 Å². The number of nitrogens with one attached hydrogen (secondary N) is 1. The van der Waals surface area contributed by atoms with E-state index < -0.39 is 12.0 Å². The minimum atomic E-state index is -1.00. The normalized spacial score (nSPS) is 12.0. The molecule has 0 heterocycles. The molecule has 1 aromatic rings. The average Bonchev–Trinajstić information content (AvgIpc) is 2.39. The molecule has 116 valence electrons. The zero-order chi connectivity index (χ0) is 16.0. The lowest BCUT2D eigenvalue weighted by Crippen LogP contribution is -2.42. The lowest BCUT2D eigenvalue weighted by Gasteiger charge is -2.16. The molecule has 21 heavy (non-hydrogen) atoms. The number of ether oxygens (including phenoxy) is 1. The summed E-state index contributed by atoms with van der Waals surface area (Å²) in [7, 11) is 1.58. The van der Waals surface area contributed by atoms with Crippen LogP contribution < -0.4 is 10.1 Å². The lowest BCUT2D eigenvalue weighted by atomic mass is 10.0. The predicted molar refractivity (Wildman–Crippen MR) is 80.5 cm³/mol. The number of rotatable bonds is 7. The number of benzene rings is 1. The monoisotopic (exact) mass is 293 g/mol. The van der Waals surface area contributed by atoms with E-state index >= 15 is 0 Å². The number of aliphatic carboxylic acids is 1. The van der Waals surface area contributed by atoms with Gasteiger partial charge in [0.25, 0.3) is 0 Å². The van der Waals surface area contributed by atoms with Crippen molar-refractivity contribution in [2.24, 2.45) is 5.92 Å². The third-order valence-corrected chi connectivity index (χ3v) is 3.18. The molecule has 1 aromatic carbocycles. The number of carbonyl (C=O) groups excluding carboxylic acids is 1. The summed E-state index contributed by atoms with van der Waals surface area (Å²) < 4.78 is 5.21. The molecule has 0 aliphatic rings. The molecule has 0 radical (unpaired) electrons. The molecule has 0 spiro atoms. The van der Waals surface area contributed by atoms with Crippen molar-refractivity contribution in [3.63, 3.8) is 0 Å². The van der Waals surface area contributed by atoms with Crippen molar-refractivity contribution >= 4 is 11.9 Å². The number of methoxy groups -OCH3 is 1. The van der Waals surface area contributed by atoms with Crippen LogP contribution in [0, 0.1) is 12.8 Å². The zero-order valence-electron chi connectivity index (χ0n) is 13.0. The van der Waals surface area contributed by atoms with Gasteiger partial charge in [-0.25, -0.2) is 4.79 Å². The number of carbonyl (C=O) groups is 2. The molecule has 0 aliphatic heterocycles. The van der Waals surface area contributed by atoms with Gasteiger partial charge in [-0.2, -0.15) is 0 Å². The molecule has 0 saturated carbocycles. The molecule has 1 amide bonds. The first-order valence-electron chi connectivity index (χ1n) is 6.99. The molecule has 5 nitrogen and oxygen atoms in total. The minimum Gasteiger partial charge on any atom is -0.496 e. The average molecular weight is 293 g/mol. The Hall–Kier alpha value is -2.04. The van der Waals surface area contributed by atoms with Crippen LogP contribution in [0.15, 0.2) is 18.2 Å². The number of hydrogen-bond acceptors (Lipinski definition) is 3. The summed E-state index contributed by atoms with van der Waals surface area (Å²) in [5, 5.41) is 11.7. The number of amides is 1. The molecular weight excluding hydrogens is 270 g/mol. The first-order valence-corrected chi connectivity index (χ1v) is 6.99. The van der Waals surface area contributed by atoms with Crippen molar-refractivity contribution < 1.29 is 19.4 Å². The molecule has 5 heteroatoms. The predicted octanol–water partition coefficient (Wildman–Crippen LogP) is 2.16. The van der Waals surface area contributed by atoms with E-state index in [0.717, 1.165) is 16.9 Å². The zero-order valence-corrected chi connectivity index (χ0v) is 13.0. The van der Waals surface area contributed by atoms with E-state index in [4.69, 9.17) is 9.84 Å². The number of hydrogen-bond donors (Lipinski definition) is 2. The third-order valence-electron chi connectivity index (χ3n) is 3.18. The van der Waals surface area contributed by atoms with Gasteiger partial charge in [0.15, 0.2) is 0 Å². The van der Waals surface area contributed by atoms with Gasteiger partial charge in [-0.15, -0.1) is 0 Å². The summed E-state index contributed by atoms with van der Waals surface area (Å²) >= 11 is 0. The van der Waals surface area contributed by atoms with Crippen LogP contribution in [-0.2, 0) is 16.0 Å². The Labute approximate surface area is 125 Å². The standard InChI is InChI=1S/C16H23NO4/c1-10(2)7-13(16(19)20)17-15(18)9-12-6-5-11(3)14(8-12)21-4/h5-6,8,10,13H,7,9H2,1-4H3,(H,17,18)(H,19,20)/t13-/m0/s1. The van der Waals surface area contributed by atoms with Crippen molar-refractivity contribution in [2.45, 2.75) is 39.7 Å². The van der Waals surface area contributed by atoms with Crippen molar-refractivity contribution in [1.29, 1.82) is 0 Å². The van der Waals surface area contributed by atoms with Gasteiger partial charge in [-0.3, -0.25) is 4.79 Å². The van der Waals surface area contributed by atoms with Gasteiger partial charge in [0.1, 0.15) is 11.8 Å². The maximum Gasteiger partial charge on any atom is 0.326 e. The van der Waals surface area contributed by atoms with E-state index in [0.29, 0.717) is 6.42 Å². The highest BCUT2D eigenvalue weighted by molar-refractivity contribution is 5.84. The van der Waals surface area contributed by atoms with E-state index in [1.165, 1.54) is 0 Å². The molecular formula is C16H23NO4. The maximum absolute atomic E-state index is 12.0. The Morgan fingerprint density at radius 2 is 2.00 bits per heavy atom. The summed E-state index contributed by atoms with van der Waals surface area (Å²) in [5.41, 5.74) is 1.79. The van der Waals surface area contributed by atoms with Crippen LogP contribution in [0.25, 0.3) is 0 Å². The van der Waals surface area contributed by atoms with Gasteiger partial charge in [-0.1, -0.05) is 26.0 Å². The van der Waals surface area contributed by atoms with Crippen molar-refractivity contribution in [3.05, 3.63) is 29.3 Å². The summed E-state index contributed by atoms with van der Waals surface area (Å²) in [6.45, 7) is 5.77. The van der Waals surface area contributed by atoms with Crippen LogP contribution in [0.1, 0.15) is 31.4 Å². The fourth-order valence-corrected chi connectivity index (χ4v) is 2.10.